The van der Waals surface area contributed by atoms with Crippen molar-refractivity contribution in [3.63, 3.8) is 0 Å². The molecule has 0 aliphatic heterocycles. The minimum absolute atomic E-state index is 0.106. The summed E-state index contributed by atoms with van der Waals surface area (Å²) in [5.74, 6) is 0. The molecule has 0 fully saturated rings. The van der Waals surface area contributed by atoms with Gasteiger partial charge in [0.05, 0.1) is 0 Å². The van der Waals surface area contributed by atoms with Crippen molar-refractivity contribution in [1.29, 1.82) is 0 Å². The van der Waals surface area contributed by atoms with Gasteiger partial charge in [0.2, 0.25) is 0 Å². The van der Waals surface area contributed by atoms with Crippen LogP contribution in [0.5, 0.6) is 0 Å². The largest absolute Gasteiger partial charge is 0.362 e. The van der Waals surface area contributed by atoms with Gasteiger partial charge in [-0.15, -0.1) is 0 Å². The van der Waals surface area contributed by atoms with E-state index >= 15 is 0 Å². The highest BCUT2D eigenvalue weighted by atomic mass is 32.1. The first-order valence-corrected chi connectivity index (χ1v) is 4.57. The van der Waals surface area contributed by atoms with Crippen LogP contribution in [0.4, 0.5) is 4.79 Å². The van der Waals surface area contributed by atoms with E-state index in [9.17, 15) is 4.79 Å². The fourth-order valence-electron chi connectivity index (χ4n) is 0.617. The number of thiocarbonyl (C=S) groups is 1. The van der Waals surface area contributed by atoms with Crippen LogP contribution < -0.4 is 21.5 Å². The zero-order valence-corrected chi connectivity index (χ0v) is 8.92. The van der Waals surface area contributed by atoms with Crippen molar-refractivity contribution in [1.82, 2.24) is 21.5 Å². The van der Waals surface area contributed by atoms with E-state index in [4.69, 9.17) is 12.2 Å². The van der Waals surface area contributed by atoms with Crippen LogP contribution in [-0.4, -0.2) is 23.7 Å². The number of nitrogens with one attached hydrogen (secondary N) is 4. The van der Waals surface area contributed by atoms with Crippen LogP contribution in [-0.2, 0) is 0 Å². The van der Waals surface area contributed by atoms with E-state index in [-0.39, 0.29) is 12.1 Å². The summed E-state index contributed by atoms with van der Waals surface area (Å²) in [4.78, 5) is 11.0. The molecule has 0 aliphatic carbocycles. The second kappa shape index (κ2) is 6.47. The smallest absolute Gasteiger partial charge is 0.333 e. The number of carbonyl (C=O) groups excluding carboxylic acids is 1. The Morgan fingerprint density at radius 1 is 1.38 bits per heavy atom. The third kappa shape index (κ3) is 7.32. The van der Waals surface area contributed by atoms with Crippen molar-refractivity contribution >= 4 is 23.4 Å². The maximum atomic E-state index is 11.0. The lowest BCUT2D eigenvalue weighted by molar-refractivity contribution is 0.236. The Morgan fingerprint density at radius 3 is 2.46 bits per heavy atom. The highest BCUT2D eigenvalue weighted by molar-refractivity contribution is 7.80. The third-order valence-electron chi connectivity index (χ3n) is 1.05. The number of rotatable bonds is 2. The van der Waals surface area contributed by atoms with Gasteiger partial charge in [0.25, 0.3) is 0 Å². The molecule has 0 aliphatic rings. The van der Waals surface area contributed by atoms with Gasteiger partial charge in [-0.2, -0.15) is 0 Å². The van der Waals surface area contributed by atoms with Crippen LogP contribution in [0.1, 0.15) is 20.8 Å². The Kier molecular flexibility index (Phi) is 5.96. The number of hydrogen-bond donors (Lipinski definition) is 4. The van der Waals surface area contributed by atoms with Crippen LogP contribution in [0.15, 0.2) is 0 Å². The van der Waals surface area contributed by atoms with Gasteiger partial charge < -0.3 is 10.6 Å². The standard InChI is InChI=1S/C7H16N4OS/c1-4-8-7(13)11-10-6(12)9-5(2)3/h5H,4H2,1-3H3,(H2,8,11,13)(H2,9,10,12). The average Bonchev–Trinajstić information content (AvgIpc) is 2.00. The first kappa shape index (κ1) is 12.0. The first-order valence-electron chi connectivity index (χ1n) is 4.16. The minimum Gasteiger partial charge on any atom is -0.362 e. The summed E-state index contributed by atoms with van der Waals surface area (Å²) in [5, 5.41) is 5.88. The zero-order valence-electron chi connectivity index (χ0n) is 8.10. The van der Waals surface area contributed by atoms with Crippen molar-refractivity contribution in [3.05, 3.63) is 0 Å². The van der Waals surface area contributed by atoms with E-state index in [1.165, 1.54) is 0 Å². The summed E-state index contributed by atoms with van der Waals surface area (Å²) in [6.45, 7) is 6.39. The van der Waals surface area contributed by atoms with Crippen molar-refractivity contribution in [2.24, 2.45) is 0 Å². The molecule has 0 spiro atoms. The normalized spacial score (nSPS) is 9.23. The zero-order chi connectivity index (χ0) is 10.3. The van der Waals surface area contributed by atoms with E-state index in [1.807, 2.05) is 20.8 Å². The number of hydrazine groups is 1. The fraction of sp³-hybridized carbons (Fsp3) is 0.714. The molecule has 0 aromatic carbocycles. The summed E-state index contributed by atoms with van der Waals surface area (Å²) in [7, 11) is 0. The molecule has 6 heteroatoms. The highest BCUT2D eigenvalue weighted by Gasteiger charge is 2.01. The van der Waals surface area contributed by atoms with E-state index < -0.39 is 0 Å². The lowest BCUT2D eigenvalue weighted by Gasteiger charge is -2.12. The van der Waals surface area contributed by atoms with Crippen molar-refractivity contribution in [2.45, 2.75) is 26.8 Å². The number of urea groups is 1. The second-order valence-corrected chi connectivity index (χ2v) is 3.15. The molecule has 0 heterocycles. The van der Waals surface area contributed by atoms with Gasteiger partial charge in [-0.05, 0) is 33.0 Å². The van der Waals surface area contributed by atoms with Gasteiger partial charge in [0.15, 0.2) is 5.11 Å². The minimum atomic E-state index is -0.296. The third-order valence-corrected chi connectivity index (χ3v) is 1.29. The van der Waals surface area contributed by atoms with Gasteiger partial charge in [0.1, 0.15) is 0 Å². The quantitative estimate of drug-likeness (QED) is 0.380. The van der Waals surface area contributed by atoms with Gasteiger partial charge in [0, 0.05) is 12.6 Å². The van der Waals surface area contributed by atoms with Crippen LogP contribution in [0, 0.1) is 0 Å². The molecule has 4 N–H and O–H groups in total. The molecule has 0 saturated heterocycles. The molecule has 0 rings (SSSR count). The Bertz CT molecular complexity index is 183. The van der Waals surface area contributed by atoms with Gasteiger partial charge in [-0.1, -0.05) is 0 Å². The van der Waals surface area contributed by atoms with Crippen LogP contribution in [0.25, 0.3) is 0 Å². The molecule has 5 nitrogen and oxygen atoms in total. The van der Waals surface area contributed by atoms with Crippen LogP contribution in [0.2, 0.25) is 0 Å². The Balaban J connectivity index is 3.52. The second-order valence-electron chi connectivity index (χ2n) is 2.74. The highest BCUT2D eigenvalue weighted by Crippen LogP contribution is 1.74. The molecule has 2 amide bonds. The van der Waals surface area contributed by atoms with Crippen LogP contribution in [0.3, 0.4) is 0 Å². The molecule has 0 saturated carbocycles. The molecule has 0 aromatic heterocycles. The van der Waals surface area contributed by atoms with E-state index in [2.05, 4.69) is 21.5 Å². The number of carbonyl (C=O) groups is 1. The Morgan fingerprint density at radius 2 is 2.00 bits per heavy atom. The number of amides is 2. The van der Waals surface area contributed by atoms with Crippen LogP contribution >= 0.6 is 12.2 Å². The lowest BCUT2D eigenvalue weighted by atomic mass is 10.4. The molecule has 0 unspecified atom stereocenters. The molecule has 0 radical (unpaired) electrons. The number of hydrogen-bond acceptors (Lipinski definition) is 2. The predicted octanol–water partition coefficient (Wildman–Crippen LogP) is 0.0930. The average molecular weight is 204 g/mol. The van der Waals surface area contributed by atoms with Gasteiger partial charge in [-0.3, -0.25) is 5.43 Å². The molecule has 0 bridgehead atoms. The van der Waals surface area contributed by atoms with Crippen molar-refractivity contribution < 1.29 is 4.79 Å². The summed E-state index contributed by atoms with van der Waals surface area (Å²) < 4.78 is 0. The Labute approximate surface area is 83.6 Å². The maximum absolute atomic E-state index is 11.0. The predicted molar refractivity (Wildman–Crippen MR) is 56.2 cm³/mol. The molecular weight excluding hydrogens is 188 g/mol. The fourth-order valence-corrected chi connectivity index (χ4v) is 0.812. The summed E-state index contributed by atoms with van der Waals surface area (Å²) in [6.07, 6.45) is 0. The topological polar surface area (TPSA) is 65.2 Å². The van der Waals surface area contributed by atoms with Gasteiger partial charge >= 0.3 is 6.03 Å². The van der Waals surface area contributed by atoms with Crippen molar-refractivity contribution in [3.8, 4) is 0 Å². The SMILES string of the molecule is CCNC(=S)NNC(=O)NC(C)C. The maximum Gasteiger partial charge on any atom is 0.333 e. The lowest BCUT2D eigenvalue weighted by Crippen LogP contribution is -2.51. The van der Waals surface area contributed by atoms with E-state index in [1.54, 1.807) is 0 Å². The Hall–Kier alpha value is -1.04. The molecule has 0 atom stereocenters. The summed E-state index contributed by atoms with van der Waals surface area (Å²) >= 11 is 4.82. The monoisotopic (exact) mass is 204 g/mol. The van der Waals surface area contributed by atoms with Gasteiger partial charge in [-0.25, -0.2) is 10.2 Å². The van der Waals surface area contributed by atoms with E-state index in [0.717, 1.165) is 6.54 Å². The molecule has 0 aromatic rings. The van der Waals surface area contributed by atoms with Crippen molar-refractivity contribution in [2.75, 3.05) is 6.54 Å². The molecule has 13 heavy (non-hydrogen) atoms. The summed E-state index contributed by atoms with van der Waals surface area (Å²) in [6, 6.07) is -0.190. The summed E-state index contributed by atoms with van der Waals surface area (Å²) in [5.41, 5.74) is 4.94. The molecular formula is C7H16N4OS. The first-order chi connectivity index (χ1) is 6.06. The van der Waals surface area contributed by atoms with E-state index in [0.29, 0.717) is 5.11 Å². The molecule has 76 valence electrons.